The van der Waals surface area contributed by atoms with Crippen molar-refractivity contribution in [2.75, 3.05) is 26.3 Å². The number of carbonyl (C=O) groups excluding carboxylic acids is 4. The van der Waals surface area contributed by atoms with Crippen molar-refractivity contribution in [3.05, 3.63) is 0 Å². The van der Waals surface area contributed by atoms with E-state index in [0.717, 1.165) is 0 Å². The SMILES string of the molecule is CCOC(=O)CC(=O)NCCNC(=O)CC(=O)OCC. The van der Waals surface area contributed by atoms with Gasteiger partial charge in [-0.1, -0.05) is 0 Å². The monoisotopic (exact) mass is 288 g/mol. The molecular formula is C12H20N2O6. The fourth-order valence-electron chi connectivity index (χ4n) is 1.22. The average Bonchev–Trinajstić information content (AvgIpc) is 2.35. The molecule has 114 valence electrons. The van der Waals surface area contributed by atoms with Gasteiger partial charge in [0.2, 0.25) is 11.8 Å². The summed E-state index contributed by atoms with van der Waals surface area (Å²) in [6, 6.07) is 0. The molecule has 0 aromatic carbocycles. The molecule has 8 nitrogen and oxygen atoms in total. The van der Waals surface area contributed by atoms with Crippen LogP contribution >= 0.6 is 0 Å². The van der Waals surface area contributed by atoms with Crippen molar-refractivity contribution in [2.24, 2.45) is 0 Å². The number of ether oxygens (including phenoxy) is 2. The zero-order valence-corrected chi connectivity index (χ0v) is 11.7. The Morgan fingerprint density at radius 2 is 1.10 bits per heavy atom. The molecule has 0 rings (SSSR count). The summed E-state index contributed by atoms with van der Waals surface area (Å²) in [4.78, 5) is 44.4. The molecule has 8 heteroatoms. The Morgan fingerprint density at radius 1 is 0.750 bits per heavy atom. The maximum Gasteiger partial charge on any atom is 0.315 e. The van der Waals surface area contributed by atoms with E-state index in [0.29, 0.717) is 0 Å². The lowest BCUT2D eigenvalue weighted by molar-refractivity contribution is -0.147. The molecule has 0 bridgehead atoms. The van der Waals surface area contributed by atoms with Crippen molar-refractivity contribution < 1.29 is 28.7 Å². The highest BCUT2D eigenvalue weighted by molar-refractivity contribution is 5.95. The standard InChI is InChI=1S/C12H20N2O6/c1-3-19-11(17)7-9(15)13-5-6-14-10(16)8-12(18)20-4-2/h3-8H2,1-2H3,(H,13,15)(H,14,16). The normalized spacial score (nSPS) is 9.50. The number of rotatable bonds is 9. The van der Waals surface area contributed by atoms with Crippen molar-refractivity contribution in [1.29, 1.82) is 0 Å². The predicted molar refractivity (Wildman–Crippen MR) is 68.5 cm³/mol. The van der Waals surface area contributed by atoms with Crippen LogP contribution in [0.5, 0.6) is 0 Å². The molecule has 0 aromatic rings. The number of hydrogen-bond acceptors (Lipinski definition) is 6. The summed E-state index contributed by atoms with van der Waals surface area (Å²) < 4.78 is 9.21. The number of hydrogen-bond donors (Lipinski definition) is 2. The van der Waals surface area contributed by atoms with E-state index >= 15 is 0 Å². The highest BCUT2D eigenvalue weighted by Gasteiger charge is 2.11. The highest BCUT2D eigenvalue weighted by Crippen LogP contribution is 1.87. The van der Waals surface area contributed by atoms with Crippen LogP contribution in [0.2, 0.25) is 0 Å². The summed E-state index contributed by atoms with van der Waals surface area (Å²) in [5.41, 5.74) is 0. The summed E-state index contributed by atoms with van der Waals surface area (Å²) in [6.45, 7) is 4.05. The molecule has 20 heavy (non-hydrogen) atoms. The van der Waals surface area contributed by atoms with Crippen LogP contribution < -0.4 is 10.6 Å². The third-order valence-corrected chi connectivity index (χ3v) is 1.99. The Labute approximate surface area is 117 Å². The van der Waals surface area contributed by atoms with Gasteiger partial charge >= 0.3 is 11.9 Å². The first-order valence-corrected chi connectivity index (χ1v) is 6.34. The fourth-order valence-corrected chi connectivity index (χ4v) is 1.22. The largest absolute Gasteiger partial charge is 0.466 e. The van der Waals surface area contributed by atoms with Gasteiger partial charge in [-0.05, 0) is 13.8 Å². The molecule has 0 unspecified atom stereocenters. The van der Waals surface area contributed by atoms with E-state index < -0.39 is 23.8 Å². The van der Waals surface area contributed by atoms with Gasteiger partial charge in [-0.3, -0.25) is 19.2 Å². The van der Waals surface area contributed by atoms with Gasteiger partial charge in [-0.2, -0.15) is 0 Å². The van der Waals surface area contributed by atoms with Crippen molar-refractivity contribution in [2.45, 2.75) is 26.7 Å². The second-order valence-corrected chi connectivity index (χ2v) is 3.66. The maximum atomic E-state index is 11.2. The van der Waals surface area contributed by atoms with E-state index in [1.165, 1.54) is 0 Å². The van der Waals surface area contributed by atoms with Gasteiger partial charge < -0.3 is 20.1 Å². The van der Waals surface area contributed by atoms with Crippen LogP contribution in [0.3, 0.4) is 0 Å². The Kier molecular flexibility index (Phi) is 9.63. The molecule has 0 saturated carbocycles. The van der Waals surface area contributed by atoms with Gasteiger partial charge in [0, 0.05) is 13.1 Å². The lowest BCUT2D eigenvalue weighted by atomic mass is 10.4. The van der Waals surface area contributed by atoms with E-state index in [1.807, 2.05) is 0 Å². The van der Waals surface area contributed by atoms with Crippen LogP contribution in [0.1, 0.15) is 26.7 Å². The zero-order chi connectivity index (χ0) is 15.4. The van der Waals surface area contributed by atoms with E-state index in [4.69, 9.17) is 0 Å². The van der Waals surface area contributed by atoms with E-state index in [9.17, 15) is 19.2 Å². The van der Waals surface area contributed by atoms with E-state index in [-0.39, 0.29) is 39.1 Å². The van der Waals surface area contributed by atoms with Crippen LogP contribution in [-0.4, -0.2) is 50.1 Å². The Balaban J connectivity index is 3.65. The van der Waals surface area contributed by atoms with Crippen LogP contribution in [0.25, 0.3) is 0 Å². The molecule has 0 aromatic heterocycles. The van der Waals surface area contributed by atoms with E-state index in [1.54, 1.807) is 13.8 Å². The van der Waals surface area contributed by atoms with Crippen molar-refractivity contribution in [1.82, 2.24) is 10.6 Å². The third-order valence-electron chi connectivity index (χ3n) is 1.99. The quantitative estimate of drug-likeness (QED) is 0.324. The molecule has 0 radical (unpaired) electrons. The summed E-state index contributed by atoms with van der Waals surface area (Å²) >= 11 is 0. The molecule has 0 heterocycles. The summed E-state index contributed by atoms with van der Waals surface area (Å²) in [6.07, 6.45) is -0.713. The third kappa shape index (κ3) is 9.86. The molecule has 0 saturated heterocycles. The lowest BCUT2D eigenvalue weighted by Crippen LogP contribution is -2.36. The van der Waals surface area contributed by atoms with Gasteiger partial charge in [-0.25, -0.2) is 0 Å². The second-order valence-electron chi connectivity index (χ2n) is 3.66. The van der Waals surface area contributed by atoms with Crippen LogP contribution in [0.4, 0.5) is 0 Å². The van der Waals surface area contributed by atoms with Crippen molar-refractivity contribution in [3.8, 4) is 0 Å². The van der Waals surface area contributed by atoms with Gasteiger partial charge in [0.15, 0.2) is 0 Å². The van der Waals surface area contributed by atoms with Crippen LogP contribution in [0.15, 0.2) is 0 Å². The highest BCUT2D eigenvalue weighted by atomic mass is 16.5. The van der Waals surface area contributed by atoms with E-state index in [2.05, 4.69) is 20.1 Å². The maximum absolute atomic E-state index is 11.2. The lowest BCUT2D eigenvalue weighted by Gasteiger charge is -2.07. The van der Waals surface area contributed by atoms with Gasteiger partial charge in [0.1, 0.15) is 12.8 Å². The van der Waals surface area contributed by atoms with Gasteiger partial charge in [0.25, 0.3) is 0 Å². The molecule has 0 aliphatic carbocycles. The number of esters is 2. The predicted octanol–water partition coefficient (Wildman–Crippen LogP) is -0.875. The molecule has 0 fully saturated rings. The van der Waals surface area contributed by atoms with Gasteiger partial charge in [0.05, 0.1) is 13.2 Å². The first kappa shape index (κ1) is 17.9. The van der Waals surface area contributed by atoms with Crippen molar-refractivity contribution in [3.63, 3.8) is 0 Å². The van der Waals surface area contributed by atoms with Crippen LogP contribution in [-0.2, 0) is 28.7 Å². The molecular weight excluding hydrogens is 268 g/mol. The summed E-state index contributed by atoms with van der Waals surface area (Å²) in [5, 5.41) is 4.87. The zero-order valence-electron chi connectivity index (χ0n) is 11.7. The minimum absolute atomic E-state index is 0.160. The molecule has 0 aliphatic rings. The van der Waals surface area contributed by atoms with Crippen molar-refractivity contribution >= 4 is 23.8 Å². The summed E-state index contributed by atoms with van der Waals surface area (Å²) in [7, 11) is 0. The average molecular weight is 288 g/mol. The van der Waals surface area contributed by atoms with Crippen LogP contribution in [0, 0.1) is 0 Å². The molecule has 0 spiro atoms. The smallest absolute Gasteiger partial charge is 0.315 e. The summed E-state index contributed by atoms with van der Waals surface area (Å²) in [5.74, 6) is -2.17. The molecule has 0 aliphatic heterocycles. The number of carbonyl (C=O) groups is 4. The molecule has 2 N–H and O–H groups in total. The minimum atomic E-state index is -0.601. The first-order chi connectivity index (χ1) is 9.49. The minimum Gasteiger partial charge on any atom is -0.466 e. The second kappa shape index (κ2) is 10.8. The molecule has 2 amide bonds. The Morgan fingerprint density at radius 3 is 1.40 bits per heavy atom. The number of amides is 2. The number of nitrogens with one attached hydrogen (secondary N) is 2. The fraction of sp³-hybridized carbons (Fsp3) is 0.667. The topological polar surface area (TPSA) is 111 Å². The van der Waals surface area contributed by atoms with Gasteiger partial charge in [-0.15, -0.1) is 0 Å². The Hall–Kier alpha value is -2.12. The Bertz CT molecular complexity index is 322. The first-order valence-electron chi connectivity index (χ1n) is 6.34. The molecule has 0 atom stereocenters.